The largest absolute Gasteiger partial charge is 0.480 e. The third kappa shape index (κ3) is 3.56. The molecule has 0 aromatic carbocycles. The molecule has 0 aliphatic carbocycles. The van der Waals surface area contributed by atoms with E-state index in [-0.39, 0.29) is 5.91 Å². The number of hydrogen-bond acceptors (Lipinski definition) is 5. The third-order valence-electron chi connectivity index (χ3n) is 4.18. The van der Waals surface area contributed by atoms with Crippen LogP contribution in [-0.4, -0.2) is 39.3 Å². The monoisotopic (exact) mass is 351 g/mol. The molecular weight excluding hydrogens is 330 g/mol. The van der Waals surface area contributed by atoms with Gasteiger partial charge in [0.25, 0.3) is 5.91 Å². The molecule has 0 unspecified atom stereocenters. The highest BCUT2D eigenvalue weighted by Gasteiger charge is 2.15. The van der Waals surface area contributed by atoms with E-state index >= 15 is 0 Å². The summed E-state index contributed by atoms with van der Waals surface area (Å²) in [7, 11) is 1.50. The molecule has 0 saturated heterocycles. The average Bonchev–Trinajstić information content (AvgIpc) is 2.96. The van der Waals surface area contributed by atoms with Crippen molar-refractivity contribution >= 4 is 5.91 Å². The summed E-state index contributed by atoms with van der Waals surface area (Å²) in [6.45, 7) is 4.47. The molecule has 1 N–H and O–H groups in total. The van der Waals surface area contributed by atoms with Gasteiger partial charge in [0.05, 0.1) is 12.8 Å². The number of aryl methyl sites for hydroxylation is 1. The van der Waals surface area contributed by atoms with E-state index < -0.39 is 0 Å². The fraction of sp³-hybridized carbons (Fsp3) is 0.263. The highest BCUT2D eigenvalue weighted by molar-refractivity contribution is 5.96. The maximum atomic E-state index is 12.3. The number of carbonyl (C=O) groups is 1. The van der Waals surface area contributed by atoms with E-state index in [1.54, 1.807) is 24.5 Å². The van der Waals surface area contributed by atoms with Gasteiger partial charge < -0.3 is 10.1 Å². The second-order valence-electron chi connectivity index (χ2n) is 5.82. The molecule has 3 heterocycles. The van der Waals surface area contributed by atoms with Crippen LogP contribution >= 0.6 is 0 Å². The Bertz CT molecular complexity index is 906. The lowest BCUT2D eigenvalue weighted by molar-refractivity contribution is 0.0950. The minimum absolute atomic E-state index is 0.206. The second kappa shape index (κ2) is 7.77. The Morgan fingerprint density at radius 2 is 1.96 bits per heavy atom. The number of pyridine rings is 2. The van der Waals surface area contributed by atoms with Crippen LogP contribution in [-0.2, 0) is 6.42 Å². The summed E-state index contributed by atoms with van der Waals surface area (Å²) in [5.74, 6) is 0.895. The highest BCUT2D eigenvalue weighted by Crippen LogP contribution is 2.17. The smallest absolute Gasteiger partial charge is 0.256 e. The minimum atomic E-state index is -0.206. The quantitative estimate of drug-likeness (QED) is 0.737. The van der Waals surface area contributed by atoms with Gasteiger partial charge in [0.15, 0.2) is 5.82 Å². The number of aromatic nitrogens is 4. The Morgan fingerprint density at radius 3 is 2.69 bits per heavy atom. The zero-order chi connectivity index (χ0) is 18.5. The average molecular weight is 351 g/mol. The summed E-state index contributed by atoms with van der Waals surface area (Å²) < 4.78 is 6.96. The summed E-state index contributed by atoms with van der Waals surface area (Å²) in [5, 5.41) is 7.49. The molecule has 0 saturated carbocycles. The molecule has 1 amide bonds. The molecule has 7 heteroatoms. The van der Waals surface area contributed by atoms with Crippen LogP contribution in [0.25, 0.3) is 5.82 Å². The molecule has 3 aromatic rings. The van der Waals surface area contributed by atoms with E-state index in [0.29, 0.717) is 24.4 Å². The number of nitrogens with one attached hydrogen (secondary N) is 1. The van der Waals surface area contributed by atoms with Crippen LogP contribution in [0.4, 0.5) is 0 Å². The first kappa shape index (κ1) is 17.6. The molecule has 0 bridgehead atoms. The van der Waals surface area contributed by atoms with Crippen LogP contribution in [0.15, 0.2) is 42.7 Å². The Labute approximate surface area is 152 Å². The van der Waals surface area contributed by atoms with Gasteiger partial charge in [-0.05, 0) is 50.1 Å². The summed E-state index contributed by atoms with van der Waals surface area (Å²) >= 11 is 0. The van der Waals surface area contributed by atoms with Gasteiger partial charge >= 0.3 is 0 Å². The predicted octanol–water partition coefficient (Wildman–Crippen LogP) is 2.26. The molecule has 0 aliphatic rings. The van der Waals surface area contributed by atoms with Crippen LogP contribution in [0, 0.1) is 13.8 Å². The van der Waals surface area contributed by atoms with Gasteiger partial charge in [-0.3, -0.25) is 4.79 Å². The maximum Gasteiger partial charge on any atom is 0.256 e. The Kier molecular flexibility index (Phi) is 5.26. The summed E-state index contributed by atoms with van der Waals surface area (Å²) in [6, 6.07) is 9.12. The van der Waals surface area contributed by atoms with E-state index in [9.17, 15) is 4.79 Å². The van der Waals surface area contributed by atoms with E-state index in [2.05, 4.69) is 20.4 Å². The van der Waals surface area contributed by atoms with Gasteiger partial charge in [-0.1, -0.05) is 6.07 Å². The van der Waals surface area contributed by atoms with Gasteiger partial charge in [0, 0.05) is 24.6 Å². The fourth-order valence-electron chi connectivity index (χ4n) is 2.86. The number of nitrogens with zero attached hydrogens (tertiary/aromatic N) is 4. The van der Waals surface area contributed by atoms with Gasteiger partial charge in [-0.25, -0.2) is 14.6 Å². The van der Waals surface area contributed by atoms with Gasteiger partial charge in [-0.15, -0.1) is 0 Å². The molecule has 0 fully saturated rings. The zero-order valence-electron chi connectivity index (χ0n) is 15.1. The van der Waals surface area contributed by atoms with Crippen molar-refractivity contribution in [3.05, 3.63) is 65.2 Å². The lowest BCUT2D eigenvalue weighted by Gasteiger charge is -2.08. The first-order chi connectivity index (χ1) is 12.6. The molecule has 0 aliphatic heterocycles. The highest BCUT2D eigenvalue weighted by atomic mass is 16.5. The van der Waals surface area contributed by atoms with Crippen LogP contribution in [0.1, 0.15) is 27.3 Å². The van der Waals surface area contributed by atoms with Crippen molar-refractivity contribution in [2.45, 2.75) is 20.3 Å². The molecule has 3 aromatic heterocycles. The normalized spacial score (nSPS) is 10.6. The van der Waals surface area contributed by atoms with Crippen LogP contribution in [0.5, 0.6) is 5.88 Å². The molecule has 0 spiro atoms. The Morgan fingerprint density at radius 1 is 1.15 bits per heavy atom. The van der Waals surface area contributed by atoms with Crippen LogP contribution in [0.2, 0.25) is 0 Å². The number of hydrogen-bond donors (Lipinski definition) is 1. The molecule has 0 radical (unpaired) electrons. The fourth-order valence-corrected chi connectivity index (χ4v) is 2.86. The van der Waals surface area contributed by atoms with Crippen molar-refractivity contribution in [2.24, 2.45) is 0 Å². The first-order valence-electron chi connectivity index (χ1n) is 8.35. The summed E-state index contributed by atoms with van der Waals surface area (Å²) in [6.07, 6.45) is 4.01. The Hall–Kier alpha value is -3.22. The maximum absolute atomic E-state index is 12.3. The summed E-state index contributed by atoms with van der Waals surface area (Å²) in [4.78, 5) is 20.7. The van der Waals surface area contributed by atoms with Crippen LogP contribution in [0.3, 0.4) is 0 Å². The first-order valence-corrected chi connectivity index (χ1v) is 8.35. The molecule has 7 nitrogen and oxygen atoms in total. The second-order valence-corrected chi connectivity index (χ2v) is 5.82. The van der Waals surface area contributed by atoms with Gasteiger partial charge in [-0.2, -0.15) is 5.10 Å². The topological polar surface area (TPSA) is 81.9 Å². The van der Waals surface area contributed by atoms with E-state index in [1.807, 2.05) is 36.7 Å². The number of rotatable bonds is 6. The standard InChI is InChI=1S/C19H21N5O2/c1-13-15(14(2)24(23-13)17-8-4-5-10-20-17)9-12-21-18(25)16-7-6-11-22-19(16)26-3/h4-8,10-11H,9,12H2,1-3H3,(H,21,25). The van der Waals surface area contributed by atoms with Gasteiger partial charge in [0.2, 0.25) is 5.88 Å². The lowest BCUT2D eigenvalue weighted by atomic mass is 10.1. The lowest BCUT2D eigenvalue weighted by Crippen LogP contribution is -2.26. The molecular formula is C19H21N5O2. The molecule has 134 valence electrons. The van der Waals surface area contributed by atoms with Crippen LogP contribution < -0.4 is 10.1 Å². The van der Waals surface area contributed by atoms with E-state index in [0.717, 1.165) is 22.8 Å². The van der Waals surface area contributed by atoms with Gasteiger partial charge in [0.1, 0.15) is 5.56 Å². The Balaban J connectivity index is 1.69. The zero-order valence-corrected chi connectivity index (χ0v) is 15.1. The number of methoxy groups -OCH3 is 1. The van der Waals surface area contributed by atoms with Crippen molar-refractivity contribution in [3.63, 3.8) is 0 Å². The summed E-state index contributed by atoms with van der Waals surface area (Å²) in [5.41, 5.74) is 3.48. The molecule has 3 rings (SSSR count). The van der Waals surface area contributed by atoms with Crippen molar-refractivity contribution < 1.29 is 9.53 Å². The van der Waals surface area contributed by atoms with Crippen molar-refractivity contribution in [3.8, 4) is 11.7 Å². The molecule has 0 atom stereocenters. The third-order valence-corrected chi connectivity index (χ3v) is 4.18. The minimum Gasteiger partial charge on any atom is -0.480 e. The van der Waals surface area contributed by atoms with Crippen molar-refractivity contribution in [1.29, 1.82) is 0 Å². The van der Waals surface area contributed by atoms with Crippen molar-refractivity contribution in [1.82, 2.24) is 25.1 Å². The van der Waals surface area contributed by atoms with E-state index in [1.165, 1.54) is 7.11 Å². The van der Waals surface area contributed by atoms with Crippen molar-refractivity contribution in [2.75, 3.05) is 13.7 Å². The SMILES string of the molecule is COc1ncccc1C(=O)NCCc1c(C)nn(-c2ccccn2)c1C. The number of carbonyl (C=O) groups excluding carboxylic acids is 1. The number of amides is 1. The van der Waals surface area contributed by atoms with E-state index in [4.69, 9.17) is 4.74 Å². The number of ether oxygens (including phenoxy) is 1. The predicted molar refractivity (Wildman–Crippen MR) is 97.7 cm³/mol. The molecule has 26 heavy (non-hydrogen) atoms.